The third-order valence-electron chi connectivity index (χ3n) is 6.03. The molecule has 1 N–H and O–H groups in total. The second-order valence-corrected chi connectivity index (χ2v) is 7.81. The Hall–Kier alpha value is -2.69. The van der Waals surface area contributed by atoms with Crippen LogP contribution in [0.2, 0.25) is 0 Å². The molecule has 1 saturated carbocycles. The van der Waals surface area contributed by atoms with Gasteiger partial charge in [-0.25, -0.2) is 4.39 Å². The van der Waals surface area contributed by atoms with Crippen molar-refractivity contribution in [2.75, 3.05) is 16.8 Å². The van der Waals surface area contributed by atoms with Gasteiger partial charge in [0.15, 0.2) is 0 Å². The van der Waals surface area contributed by atoms with Crippen LogP contribution < -0.4 is 10.2 Å². The molecule has 4 nitrogen and oxygen atoms in total. The first-order valence-electron chi connectivity index (χ1n) is 10.0. The molecule has 28 heavy (non-hydrogen) atoms. The summed E-state index contributed by atoms with van der Waals surface area (Å²) in [6.45, 7) is 2.51. The van der Waals surface area contributed by atoms with Crippen molar-refractivity contribution < 1.29 is 14.0 Å². The molecule has 1 aliphatic heterocycles. The second kappa shape index (κ2) is 7.74. The number of rotatable bonds is 3. The van der Waals surface area contributed by atoms with E-state index in [-0.39, 0.29) is 29.5 Å². The maximum atomic E-state index is 13.6. The SMILES string of the molecule is Cc1ccc(F)cc1NC(=O)C1CCCCC1C(=O)N1CCc2ccccc21. The Morgan fingerprint density at radius 2 is 1.82 bits per heavy atom. The molecule has 0 radical (unpaired) electrons. The van der Waals surface area contributed by atoms with Gasteiger partial charge in [0.05, 0.1) is 5.92 Å². The summed E-state index contributed by atoms with van der Waals surface area (Å²) in [6, 6.07) is 12.3. The molecule has 2 aromatic carbocycles. The van der Waals surface area contributed by atoms with E-state index in [1.54, 1.807) is 6.07 Å². The maximum absolute atomic E-state index is 13.6. The van der Waals surface area contributed by atoms with Crippen LogP contribution in [0.5, 0.6) is 0 Å². The molecule has 0 spiro atoms. The van der Waals surface area contributed by atoms with Crippen LogP contribution in [0.4, 0.5) is 15.8 Å². The fourth-order valence-corrected chi connectivity index (χ4v) is 4.46. The first-order chi connectivity index (χ1) is 13.5. The highest BCUT2D eigenvalue weighted by Crippen LogP contribution is 2.36. The molecular weight excluding hydrogens is 355 g/mol. The lowest BCUT2D eigenvalue weighted by atomic mass is 9.77. The van der Waals surface area contributed by atoms with Crippen molar-refractivity contribution in [2.24, 2.45) is 11.8 Å². The molecule has 1 heterocycles. The van der Waals surface area contributed by atoms with Crippen LogP contribution in [0.25, 0.3) is 0 Å². The Bertz CT molecular complexity index is 911. The lowest BCUT2D eigenvalue weighted by molar-refractivity contribution is -0.132. The van der Waals surface area contributed by atoms with Crippen molar-refractivity contribution in [2.45, 2.75) is 39.0 Å². The zero-order valence-electron chi connectivity index (χ0n) is 16.1. The number of anilines is 2. The predicted molar refractivity (Wildman–Crippen MR) is 108 cm³/mol. The number of carbonyl (C=O) groups is 2. The number of hydrogen-bond donors (Lipinski definition) is 1. The molecule has 146 valence electrons. The fourth-order valence-electron chi connectivity index (χ4n) is 4.46. The Morgan fingerprint density at radius 1 is 1.07 bits per heavy atom. The first kappa shape index (κ1) is 18.7. The number of amides is 2. The molecule has 5 heteroatoms. The quantitative estimate of drug-likeness (QED) is 0.854. The molecule has 1 aliphatic carbocycles. The van der Waals surface area contributed by atoms with Gasteiger partial charge in [-0.15, -0.1) is 0 Å². The van der Waals surface area contributed by atoms with Gasteiger partial charge in [0.25, 0.3) is 0 Å². The number of nitrogens with zero attached hydrogens (tertiary/aromatic N) is 1. The Kier molecular flexibility index (Phi) is 5.16. The fraction of sp³-hybridized carbons (Fsp3) is 0.391. The average Bonchev–Trinajstić information content (AvgIpc) is 3.14. The minimum Gasteiger partial charge on any atom is -0.325 e. The van der Waals surface area contributed by atoms with E-state index in [2.05, 4.69) is 11.4 Å². The van der Waals surface area contributed by atoms with Gasteiger partial charge in [0, 0.05) is 23.8 Å². The Balaban J connectivity index is 1.54. The smallest absolute Gasteiger partial charge is 0.230 e. The third-order valence-corrected chi connectivity index (χ3v) is 6.03. The summed E-state index contributed by atoms with van der Waals surface area (Å²) in [6.07, 6.45) is 4.15. The summed E-state index contributed by atoms with van der Waals surface area (Å²) >= 11 is 0. The summed E-state index contributed by atoms with van der Waals surface area (Å²) in [5.41, 5.74) is 3.44. The van der Waals surface area contributed by atoms with Crippen molar-refractivity contribution in [3.05, 3.63) is 59.4 Å². The van der Waals surface area contributed by atoms with Gasteiger partial charge in [0.1, 0.15) is 5.82 Å². The van der Waals surface area contributed by atoms with Crippen molar-refractivity contribution in [3.8, 4) is 0 Å². The molecule has 2 atom stereocenters. The minimum absolute atomic E-state index is 0.0424. The number of carbonyl (C=O) groups excluding carboxylic acids is 2. The number of para-hydroxylation sites is 1. The van der Waals surface area contributed by atoms with Gasteiger partial charge in [-0.05, 0) is 55.5 Å². The number of benzene rings is 2. The van der Waals surface area contributed by atoms with E-state index in [9.17, 15) is 14.0 Å². The largest absolute Gasteiger partial charge is 0.325 e. The zero-order chi connectivity index (χ0) is 19.7. The van der Waals surface area contributed by atoms with Crippen molar-refractivity contribution in [3.63, 3.8) is 0 Å². The average molecular weight is 380 g/mol. The molecule has 0 bridgehead atoms. The van der Waals surface area contributed by atoms with Crippen LogP contribution in [0.15, 0.2) is 42.5 Å². The highest BCUT2D eigenvalue weighted by Gasteiger charge is 2.39. The molecule has 2 unspecified atom stereocenters. The molecule has 4 rings (SSSR count). The van der Waals surface area contributed by atoms with Crippen LogP contribution in [-0.4, -0.2) is 18.4 Å². The number of aryl methyl sites for hydroxylation is 1. The summed E-state index contributed by atoms with van der Waals surface area (Å²) < 4.78 is 13.6. The lowest BCUT2D eigenvalue weighted by Gasteiger charge is -2.32. The number of fused-ring (bicyclic) bond motifs is 1. The molecule has 0 aromatic heterocycles. The Morgan fingerprint density at radius 3 is 2.64 bits per heavy atom. The van der Waals surface area contributed by atoms with Gasteiger partial charge >= 0.3 is 0 Å². The van der Waals surface area contributed by atoms with E-state index in [4.69, 9.17) is 0 Å². The van der Waals surface area contributed by atoms with Crippen LogP contribution in [-0.2, 0) is 16.0 Å². The van der Waals surface area contributed by atoms with E-state index in [0.717, 1.165) is 36.9 Å². The molecule has 2 aliphatic rings. The second-order valence-electron chi connectivity index (χ2n) is 7.81. The predicted octanol–water partition coefficient (Wildman–Crippen LogP) is 4.47. The maximum Gasteiger partial charge on any atom is 0.230 e. The Labute approximate surface area is 164 Å². The summed E-state index contributed by atoms with van der Waals surface area (Å²) in [5, 5.41) is 2.87. The minimum atomic E-state index is -0.383. The van der Waals surface area contributed by atoms with Gasteiger partial charge < -0.3 is 10.2 Å². The standard InChI is InChI=1S/C23H25FN2O2/c1-15-10-11-17(24)14-20(15)25-22(27)18-7-3-4-8-19(18)23(28)26-13-12-16-6-2-5-9-21(16)26/h2,5-6,9-11,14,18-19H,3-4,7-8,12-13H2,1H3,(H,25,27). The monoisotopic (exact) mass is 380 g/mol. The van der Waals surface area contributed by atoms with Gasteiger partial charge in [-0.3, -0.25) is 9.59 Å². The van der Waals surface area contributed by atoms with Crippen molar-refractivity contribution in [1.29, 1.82) is 0 Å². The first-order valence-corrected chi connectivity index (χ1v) is 10.0. The van der Waals surface area contributed by atoms with E-state index in [0.29, 0.717) is 18.7 Å². The summed E-state index contributed by atoms with van der Waals surface area (Å²) in [7, 11) is 0. The van der Waals surface area contributed by atoms with E-state index in [1.165, 1.54) is 17.7 Å². The van der Waals surface area contributed by atoms with Crippen LogP contribution in [0.3, 0.4) is 0 Å². The van der Waals surface area contributed by atoms with Crippen LogP contribution in [0.1, 0.15) is 36.8 Å². The van der Waals surface area contributed by atoms with E-state index >= 15 is 0 Å². The summed E-state index contributed by atoms with van der Waals surface area (Å²) in [5.74, 6) is -1.23. The highest BCUT2D eigenvalue weighted by atomic mass is 19.1. The van der Waals surface area contributed by atoms with Crippen molar-refractivity contribution in [1.82, 2.24) is 0 Å². The van der Waals surface area contributed by atoms with Gasteiger partial charge in [-0.2, -0.15) is 0 Å². The molecule has 2 amide bonds. The normalized spacial score (nSPS) is 21.3. The topological polar surface area (TPSA) is 49.4 Å². The van der Waals surface area contributed by atoms with E-state index in [1.807, 2.05) is 30.0 Å². The van der Waals surface area contributed by atoms with Gasteiger partial charge in [-0.1, -0.05) is 37.1 Å². The molecule has 1 fully saturated rings. The zero-order valence-corrected chi connectivity index (χ0v) is 16.1. The van der Waals surface area contributed by atoms with E-state index < -0.39 is 0 Å². The molecular formula is C23H25FN2O2. The van der Waals surface area contributed by atoms with Crippen LogP contribution in [0, 0.1) is 24.6 Å². The number of halogens is 1. The number of hydrogen-bond acceptors (Lipinski definition) is 2. The lowest BCUT2D eigenvalue weighted by Crippen LogP contribution is -2.43. The van der Waals surface area contributed by atoms with Gasteiger partial charge in [0.2, 0.25) is 11.8 Å². The van der Waals surface area contributed by atoms with Crippen molar-refractivity contribution >= 4 is 23.2 Å². The third kappa shape index (κ3) is 3.53. The highest BCUT2D eigenvalue weighted by molar-refractivity contribution is 6.02. The van der Waals surface area contributed by atoms with Crippen LogP contribution >= 0.6 is 0 Å². The number of nitrogens with one attached hydrogen (secondary N) is 1. The molecule has 0 saturated heterocycles. The summed E-state index contributed by atoms with van der Waals surface area (Å²) in [4.78, 5) is 28.2. The molecule has 2 aromatic rings.